The van der Waals surface area contributed by atoms with Crippen molar-refractivity contribution >= 4 is 11.5 Å². The van der Waals surface area contributed by atoms with Gasteiger partial charge >= 0.3 is 0 Å². The number of aryl methyl sites for hydroxylation is 1. The van der Waals surface area contributed by atoms with Gasteiger partial charge in [-0.3, -0.25) is 0 Å². The number of hydrogen-bond donors (Lipinski definition) is 1. The van der Waals surface area contributed by atoms with Crippen LogP contribution in [-0.4, -0.2) is 16.1 Å². The zero-order valence-electron chi connectivity index (χ0n) is 10.3. The van der Waals surface area contributed by atoms with Crippen molar-refractivity contribution in [1.82, 2.24) is 14.9 Å². The fraction of sp³-hybridized carbons (Fsp3) is 0.818. The fourth-order valence-electron chi connectivity index (χ4n) is 1.68. The molecule has 86 valence electrons. The van der Waals surface area contributed by atoms with Crippen LogP contribution >= 0.6 is 11.5 Å². The Balaban J connectivity index is 2.99. The third-order valence-corrected chi connectivity index (χ3v) is 3.29. The Morgan fingerprint density at radius 1 is 1.33 bits per heavy atom. The van der Waals surface area contributed by atoms with Crippen LogP contribution in [0.5, 0.6) is 0 Å². The van der Waals surface area contributed by atoms with Crippen molar-refractivity contribution in [3.8, 4) is 0 Å². The standard InChI is InChI=1S/C11H21N3S/c1-6-8-9(15-14-13-8)10(12-7-2)11(3,4)5/h10,12H,6-7H2,1-5H3. The van der Waals surface area contributed by atoms with Gasteiger partial charge in [-0.1, -0.05) is 39.1 Å². The molecule has 0 aromatic carbocycles. The monoisotopic (exact) mass is 227 g/mol. The van der Waals surface area contributed by atoms with Crippen LogP contribution in [-0.2, 0) is 6.42 Å². The molecule has 1 N–H and O–H groups in total. The summed E-state index contributed by atoms with van der Waals surface area (Å²) in [7, 11) is 0. The number of rotatable bonds is 4. The summed E-state index contributed by atoms with van der Waals surface area (Å²) in [6.07, 6.45) is 0.962. The number of hydrogen-bond acceptors (Lipinski definition) is 4. The normalized spacial score (nSPS) is 14.2. The summed E-state index contributed by atoms with van der Waals surface area (Å²) in [6, 6.07) is 0.359. The first kappa shape index (κ1) is 12.6. The SMILES string of the molecule is CCNC(c1snnc1CC)C(C)(C)C. The van der Waals surface area contributed by atoms with E-state index in [-0.39, 0.29) is 5.41 Å². The van der Waals surface area contributed by atoms with E-state index >= 15 is 0 Å². The highest BCUT2D eigenvalue weighted by Crippen LogP contribution is 2.35. The van der Waals surface area contributed by atoms with E-state index in [0.717, 1.165) is 18.7 Å². The van der Waals surface area contributed by atoms with Gasteiger partial charge in [0.2, 0.25) is 0 Å². The van der Waals surface area contributed by atoms with Crippen LogP contribution in [0.4, 0.5) is 0 Å². The molecule has 4 heteroatoms. The van der Waals surface area contributed by atoms with Gasteiger partial charge in [-0.05, 0) is 29.9 Å². The molecule has 0 saturated carbocycles. The van der Waals surface area contributed by atoms with E-state index in [4.69, 9.17) is 0 Å². The van der Waals surface area contributed by atoms with E-state index in [1.54, 1.807) is 0 Å². The molecule has 1 aromatic heterocycles. The summed E-state index contributed by atoms with van der Waals surface area (Å²) >= 11 is 1.53. The molecule has 0 fully saturated rings. The summed E-state index contributed by atoms with van der Waals surface area (Å²) in [5.74, 6) is 0. The van der Waals surface area contributed by atoms with Crippen molar-refractivity contribution in [3.63, 3.8) is 0 Å². The Morgan fingerprint density at radius 2 is 2.00 bits per heavy atom. The predicted molar refractivity (Wildman–Crippen MR) is 65.2 cm³/mol. The van der Waals surface area contributed by atoms with Gasteiger partial charge in [-0.25, -0.2) is 0 Å². The topological polar surface area (TPSA) is 37.8 Å². The second-order valence-electron chi connectivity index (χ2n) is 4.79. The van der Waals surface area contributed by atoms with Crippen LogP contribution in [0.15, 0.2) is 0 Å². The maximum atomic E-state index is 4.18. The minimum atomic E-state index is 0.203. The van der Waals surface area contributed by atoms with E-state index in [9.17, 15) is 0 Å². The van der Waals surface area contributed by atoms with E-state index in [1.807, 2.05) is 0 Å². The lowest BCUT2D eigenvalue weighted by Crippen LogP contribution is -2.32. The average Bonchev–Trinajstić information content (AvgIpc) is 2.59. The van der Waals surface area contributed by atoms with Crippen LogP contribution in [0.1, 0.15) is 51.2 Å². The van der Waals surface area contributed by atoms with E-state index < -0.39 is 0 Å². The van der Waals surface area contributed by atoms with Gasteiger partial charge < -0.3 is 5.32 Å². The second-order valence-corrected chi connectivity index (χ2v) is 5.58. The van der Waals surface area contributed by atoms with Gasteiger partial charge in [0.25, 0.3) is 0 Å². The molecule has 0 aliphatic carbocycles. The van der Waals surface area contributed by atoms with Crippen molar-refractivity contribution in [3.05, 3.63) is 10.6 Å². The lowest BCUT2D eigenvalue weighted by atomic mass is 9.85. The molecule has 1 unspecified atom stereocenters. The summed E-state index contributed by atoms with van der Waals surface area (Å²) < 4.78 is 4.06. The summed E-state index contributed by atoms with van der Waals surface area (Å²) in [6.45, 7) is 12.0. The van der Waals surface area contributed by atoms with Crippen molar-refractivity contribution in [2.75, 3.05) is 6.54 Å². The fourth-order valence-corrected chi connectivity index (χ4v) is 2.74. The van der Waals surface area contributed by atoms with Gasteiger partial charge in [-0.2, -0.15) is 0 Å². The molecule has 0 radical (unpaired) electrons. The molecule has 0 spiro atoms. The third-order valence-electron chi connectivity index (χ3n) is 2.46. The van der Waals surface area contributed by atoms with Crippen molar-refractivity contribution in [2.45, 2.75) is 47.1 Å². The lowest BCUT2D eigenvalue weighted by molar-refractivity contribution is 0.279. The molecular formula is C11H21N3S. The van der Waals surface area contributed by atoms with Crippen molar-refractivity contribution in [2.24, 2.45) is 5.41 Å². The molecule has 0 amide bonds. The van der Waals surface area contributed by atoms with Crippen LogP contribution in [0.3, 0.4) is 0 Å². The zero-order chi connectivity index (χ0) is 11.5. The first-order chi connectivity index (χ1) is 7.00. The minimum Gasteiger partial charge on any atom is -0.309 e. The van der Waals surface area contributed by atoms with E-state index in [0.29, 0.717) is 6.04 Å². The predicted octanol–water partition coefficient (Wildman–Crippen LogP) is 2.80. The van der Waals surface area contributed by atoms with Gasteiger partial charge in [-0.15, -0.1) is 5.10 Å². The van der Waals surface area contributed by atoms with Gasteiger partial charge in [0, 0.05) is 6.04 Å². The first-order valence-electron chi connectivity index (χ1n) is 5.55. The highest BCUT2D eigenvalue weighted by Gasteiger charge is 2.29. The van der Waals surface area contributed by atoms with Gasteiger partial charge in [0.05, 0.1) is 10.6 Å². The molecule has 1 heterocycles. The van der Waals surface area contributed by atoms with Crippen LogP contribution in [0, 0.1) is 5.41 Å². The Hall–Kier alpha value is -0.480. The Kier molecular flexibility index (Phi) is 4.22. The maximum Gasteiger partial charge on any atom is 0.0801 e. The molecule has 0 aliphatic rings. The Morgan fingerprint density at radius 3 is 2.47 bits per heavy atom. The molecule has 1 aromatic rings. The zero-order valence-corrected chi connectivity index (χ0v) is 11.1. The molecule has 0 saturated heterocycles. The first-order valence-corrected chi connectivity index (χ1v) is 6.32. The summed E-state index contributed by atoms with van der Waals surface area (Å²) in [5, 5.41) is 7.71. The molecule has 0 bridgehead atoms. The molecule has 1 atom stereocenters. The van der Waals surface area contributed by atoms with Crippen LogP contribution < -0.4 is 5.32 Å². The average molecular weight is 227 g/mol. The minimum absolute atomic E-state index is 0.203. The van der Waals surface area contributed by atoms with Crippen LogP contribution in [0.2, 0.25) is 0 Å². The molecular weight excluding hydrogens is 206 g/mol. The highest BCUT2D eigenvalue weighted by atomic mass is 32.1. The second kappa shape index (κ2) is 5.03. The van der Waals surface area contributed by atoms with Crippen molar-refractivity contribution in [1.29, 1.82) is 0 Å². The molecule has 0 aliphatic heterocycles. The number of aromatic nitrogens is 2. The quantitative estimate of drug-likeness (QED) is 0.859. The highest BCUT2D eigenvalue weighted by molar-refractivity contribution is 7.05. The Bertz CT molecular complexity index is 301. The number of nitrogens with zero attached hydrogens (tertiary/aromatic N) is 2. The molecule has 1 rings (SSSR count). The van der Waals surface area contributed by atoms with Crippen molar-refractivity contribution < 1.29 is 0 Å². The van der Waals surface area contributed by atoms with E-state index in [2.05, 4.69) is 49.5 Å². The maximum absolute atomic E-state index is 4.18. The summed E-state index contributed by atoms with van der Waals surface area (Å²) in [4.78, 5) is 1.30. The van der Waals surface area contributed by atoms with Gasteiger partial charge in [0.1, 0.15) is 0 Å². The molecule has 3 nitrogen and oxygen atoms in total. The largest absolute Gasteiger partial charge is 0.309 e. The Labute approximate surface area is 96.5 Å². The lowest BCUT2D eigenvalue weighted by Gasteiger charge is -2.30. The third kappa shape index (κ3) is 2.98. The van der Waals surface area contributed by atoms with E-state index in [1.165, 1.54) is 16.4 Å². The number of nitrogens with one attached hydrogen (secondary N) is 1. The summed E-state index contributed by atoms with van der Waals surface area (Å²) in [5.41, 5.74) is 1.34. The molecule has 15 heavy (non-hydrogen) atoms. The van der Waals surface area contributed by atoms with Gasteiger partial charge in [0.15, 0.2) is 0 Å². The smallest absolute Gasteiger partial charge is 0.0801 e. The van der Waals surface area contributed by atoms with Crippen LogP contribution in [0.25, 0.3) is 0 Å².